The van der Waals surface area contributed by atoms with Crippen molar-refractivity contribution in [2.75, 3.05) is 5.75 Å². The Morgan fingerprint density at radius 3 is 2.11 bits per heavy atom. The summed E-state index contributed by atoms with van der Waals surface area (Å²) in [5.41, 5.74) is 7.15. The van der Waals surface area contributed by atoms with Crippen LogP contribution in [0.15, 0.2) is 50.2 Å². The lowest BCUT2D eigenvalue weighted by Crippen LogP contribution is -2.20. The number of benzene rings is 2. The number of carbonyl (C=O) groups excluding carboxylic acids is 1. The number of aromatic hydroxyl groups is 1. The van der Waals surface area contributed by atoms with Gasteiger partial charge < -0.3 is 5.11 Å². The van der Waals surface area contributed by atoms with Crippen molar-refractivity contribution in [1.29, 1.82) is 0 Å². The number of nitrogens with one attached hydrogen (secondary N) is 1. The van der Waals surface area contributed by atoms with Gasteiger partial charge in [0, 0.05) is 16.9 Å². The lowest BCUT2D eigenvalue weighted by Gasteiger charge is -2.27. The molecule has 0 aliphatic carbocycles. The summed E-state index contributed by atoms with van der Waals surface area (Å²) in [6, 6.07) is 12.3. The first kappa shape index (κ1) is 28.2. The van der Waals surface area contributed by atoms with Crippen LogP contribution in [-0.2, 0) is 21.4 Å². The quantitative estimate of drug-likeness (QED) is 0.187. The maximum atomic E-state index is 12.3. The van der Waals surface area contributed by atoms with E-state index in [9.17, 15) is 9.90 Å². The molecule has 6 nitrogen and oxygen atoms in total. The van der Waals surface area contributed by atoms with Gasteiger partial charge in [-0.1, -0.05) is 106 Å². The number of carbonyl (C=O) groups is 1. The maximum absolute atomic E-state index is 12.3. The molecule has 36 heavy (non-hydrogen) atoms. The summed E-state index contributed by atoms with van der Waals surface area (Å²) in [4.78, 5) is 12.3. The Morgan fingerprint density at radius 2 is 1.56 bits per heavy atom. The van der Waals surface area contributed by atoms with Crippen molar-refractivity contribution in [3.63, 3.8) is 0 Å². The van der Waals surface area contributed by atoms with Crippen LogP contribution >= 0.6 is 34.9 Å². The first-order valence-electron chi connectivity index (χ1n) is 11.7. The average Bonchev–Trinajstić information content (AvgIpc) is 3.24. The Kier molecular flexibility index (Phi) is 9.24. The number of phenols is 1. The third-order valence-electron chi connectivity index (χ3n) is 5.35. The Balaban J connectivity index is 1.55. The summed E-state index contributed by atoms with van der Waals surface area (Å²) in [6.45, 7) is 14.5. The van der Waals surface area contributed by atoms with Crippen molar-refractivity contribution in [1.82, 2.24) is 15.6 Å². The van der Waals surface area contributed by atoms with E-state index in [1.165, 1.54) is 34.2 Å². The number of aromatic nitrogens is 2. The molecule has 2 aromatic carbocycles. The van der Waals surface area contributed by atoms with Gasteiger partial charge in [0.2, 0.25) is 0 Å². The van der Waals surface area contributed by atoms with Crippen molar-refractivity contribution >= 4 is 47.0 Å². The fourth-order valence-electron chi connectivity index (χ4n) is 3.36. The van der Waals surface area contributed by atoms with E-state index < -0.39 is 0 Å². The van der Waals surface area contributed by atoms with E-state index in [2.05, 4.69) is 93.5 Å². The highest BCUT2D eigenvalue weighted by Crippen LogP contribution is 2.39. The van der Waals surface area contributed by atoms with Gasteiger partial charge >= 0.3 is 0 Å². The van der Waals surface area contributed by atoms with Gasteiger partial charge in [-0.2, -0.15) is 5.10 Å². The number of phenolic OH excluding ortho intramolecular Hbond substituents is 1. The van der Waals surface area contributed by atoms with Crippen LogP contribution in [0.1, 0.15) is 69.4 Å². The maximum Gasteiger partial charge on any atom is 0.250 e. The molecular weight excluding hydrogens is 509 g/mol. The average molecular weight is 543 g/mol. The van der Waals surface area contributed by atoms with E-state index in [0.717, 1.165) is 31.1 Å². The van der Waals surface area contributed by atoms with E-state index in [4.69, 9.17) is 0 Å². The molecule has 0 unspecified atom stereocenters. The fourth-order valence-corrected chi connectivity index (χ4v) is 6.12. The third-order valence-corrected chi connectivity index (χ3v) is 8.61. The van der Waals surface area contributed by atoms with Crippen LogP contribution in [-0.4, -0.2) is 33.2 Å². The van der Waals surface area contributed by atoms with Gasteiger partial charge in [0.05, 0.1) is 12.0 Å². The lowest BCUT2D eigenvalue weighted by molar-refractivity contribution is -0.118. The van der Waals surface area contributed by atoms with Crippen LogP contribution in [0.3, 0.4) is 0 Å². The smallest absolute Gasteiger partial charge is 0.250 e. The van der Waals surface area contributed by atoms with Gasteiger partial charge in [-0.15, -0.1) is 10.2 Å². The zero-order valence-electron chi connectivity index (χ0n) is 21.9. The number of hydrogen-bond acceptors (Lipinski definition) is 8. The standard InChI is InChI=1S/C27H34N4O2S3/c1-17-8-10-18(11-9-17)15-34-24-30-31-25(36-24)35-16-22(32)29-28-14-19-12-20(26(2,3)4)23(33)21(13-19)27(5,6)7/h8-14,33H,15-16H2,1-7H3,(H,29,32)/b28-14-. The normalized spacial score (nSPS) is 12.3. The van der Waals surface area contributed by atoms with Gasteiger partial charge in [-0.25, -0.2) is 5.43 Å². The molecule has 0 saturated heterocycles. The minimum absolute atomic E-state index is 0.199. The minimum Gasteiger partial charge on any atom is -0.507 e. The number of rotatable bonds is 8. The number of aryl methyl sites for hydroxylation is 1. The van der Waals surface area contributed by atoms with Crippen molar-refractivity contribution in [3.05, 3.63) is 64.2 Å². The molecule has 192 valence electrons. The van der Waals surface area contributed by atoms with Crippen molar-refractivity contribution in [3.8, 4) is 5.75 Å². The first-order chi connectivity index (χ1) is 16.8. The zero-order valence-corrected chi connectivity index (χ0v) is 24.3. The van der Waals surface area contributed by atoms with Crippen molar-refractivity contribution < 1.29 is 9.90 Å². The van der Waals surface area contributed by atoms with Gasteiger partial charge in [0.15, 0.2) is 8.68 Å². The molecule has 9 heteroatoms. The highest BCUT2D eigenvalue weighted by atomic mass is 32.2. The summed E-state index contributed by atoms with van der Waals surface area (Å²) in [5.74, 6) is 1.14. The highest BCUT2D eigenvalue weighted by Gasteiger charge is 2.26. The van der Waals surface area contributed by atoms with Gasteiger partial charge in [-0.3, -0.25) is 4.79 Å². The van der Waals surface area contributed by atoms with E-state index in [1.54, 1.807) is 18.0 Å². The number of hydrogen-bond donors (Lipinski definition) is 2. The molecule has 1 amide bonds. The van der Waals surface area contributed by atoms with Crippen LogP contribution < -0.4 is 5.43 Å². The largest absolute Gasteiger partial charge is 0.507 e. The summed E-state index contributed by atoms with van der Waals surface area (Å²) in [5, 5.41) is 23.4. The highest BCUT2D eigenvalue weighted by molar-refractivity contribution is 8.03. The summed E-state index contributed by atoms with van der Waals surface area (Å²) < 4.78 is 1.64. The third kappa shape index (κ3) is 8.08. The van der Waals surface area contributed by atoms with Crippen LogP contribution in [0.5, 0.6) is 5.75 Å². The number of amides is 1. The molecular formula is C27H34N4O2S3. The monoisotopic (exact) mass is 542 g/mol. The second-order valence-electron chi connectivity index (χ2n) is 10.7. The molecule has 0 bridgehead atoms. The summed E-state index contributed by atoms with van der Waals surface area (Å²) in [6.07, 6.45) is 1.62. The van der Waals surface area contributed by atoms with E-state index in [0.29, 0.717) is 5.75 Å². The molecule has 0 atom stereocenters. The minimum atomic E-state index is -0.229. The Labute approximate surface area is 226 Å². The van der Waals surface area contributed by atoms with E-state index in [-0.39, 0.29) is 22.5 Å². The van der Waals surface area contributed by atoms with Gasteiger partial charge in [0.25, 0.3) is 5.91 Å². The Morgan fingerprint density at radius 1 is 1.00 bits per heavy atom. The molecule has 0 radical (unpaired) electrons. The van der Waals surface area contributed by atoms with Crippen LogP contribution in [0, 0.1) is 6.92 Å². The van der Waals surface area contributed by atoms with Gasteiger partial charge in [-0.05, 0) is 41.0 Å². The SMILES string of the molecule is Cc1ccc(CSc2nnc(SCC(=O)N/N=C\c3cc(C(C)(C)C)c(O)c(C(C)(C)C)c3)s2)cc1. The topological polar surface area (TPSA) is 87.5 Å². The summed E-state index contributed by atoms with van der Waals surface area (Å²) >= 11 is 4.48. The predicted octanol–water partition coefficient (Wildman–Crippen LogP) is 6.68. The Hall–Kier alpha value is -2.36. The molecule has 1 aromatic heterocycles. The summed E-state index contributed by atoms with van der Waals surface area (Å²) in [7, 11) is 0. The van der Waals surface area contributed by atoms with Crippen LogP contribution in [0.4, 0.5) is 0 Å². The molecule has 1 heterocycles. The second kappa shape index (κ2) is 11.8. The predicted molar refractivity (Wildman–Crippen MR) is 153 cm³/mol. The van der Waals surface area contributed by atoms with E-state index >= 15 is 0 Å². The van der Waals surface area contributed by atoms with Crippen molar-refractivity contribution in [2.24, 2.45) is 5.10 Å². The molecule has 0 aliphatic rings. The lowest BCUT2D eigenvalue weighted by atomic mass is 9.78. The van der Waals surface area contributed by atoms with Gasteiger partial charge in [0.1, 0.15) is 5.75 Å². The molecule has 2 N–H and O–H groups in total. The van der Waals surface area contributed by atoms with Crippen LogP contribution in [0.2, 0.25) is 0 Å². The molecule has 3 aromatic rings. The molecule has 0 fully saturated rings. The fraction of sp³-hybridized carbons (Fsp3) is 0.407. The van der Waals surface area contributed by atoms with E-state index in [1.807, 2.05) is 12.1 Å². The molecule has 0 aliphatic heterocycles. The number of hydrazone groups is 1. The zero-order chi connectivity index (χ0) is 26.5. The first-order valence-corrected chi connectivity index (χ1v) is 14.5. The Bertz CT molecular complexity index is 1190. The van der Waals surface area contributed by atoms with Crippen LogP contribution in [0.25, 0.3) is 0 Å². The number of thioether (sulfide) groups is 2. The molecule has 3 rings (SSSR count). The number of nitrogens with zero attached hydrogens (tertiary/aromatic N) is 3. The molecule has 0 spiro atoms. The second-order valence-corrected chi connectivity index (χ2v) is 14.1. The molecule has 0 saturated carbocycles. The van der Waals surface area contributed by atoms with Crippen molar-refractivity contribution in [2.45, 2.75) is 73.7 Å².